The maximum absolute atomic E-state index is 11.9. The van der Waals surface area contributed by atoms with Crippen LogP contribution in [0.3, 0.4) is 0 Å². The molecule has 2 unspecified atom stereocenters. The first-order valence-corrected chi connectivity index (χ1v) is 8.48. The molecule has 2 atom stereocenters. The first kappa shape index (κ1) is 21.4. The molecule has 0 aliphatic rings. The summed E-state index contributed by atoms with van der Waals surface area (Å²) in [5.41, 5.74) is 6.91. The summed E-state index contributed by atoms with van der Waals surface area (Å²) in [6.07, 6.45) is -0.629. The largest absolute Gasteiger partial charge is 0.490 e. The molecule has 0 saturated heterocycles. The molecule has 0 fully saturated rings. The number of hydrogen-bond acceptors (Lipinski definition) is 4. The average molecular weight is 430 g/mol. The van der Waals surface area contributed by atoms with Gasteiger partial charge in [0.05, 0.1) is 4.47 Å². The molecule has 2 rings (SSSR count). The summed E-state index contributed by atoms with van der Waals surface area (Å²) < 4.78 is 6.32. The van der Waals surface area contributed by atoms with Gasteiger partial charge >= 0.3 is 0 Å². The molecule has 4 N–H and O–H groups in total. The topological polar surface area (TPSA) is 84.6 Å². The van der Waals surface area contributed by atoms with Crippen LogP contribution in [0, 0.1) is 0 Å². The quantitative estimate of drug-likeness (QED) is 0.602. The number of benzene rings is 2. The molecule has 25 heavy (non-hydrogen) atoms. The van der Waals surface area contributed by atoms with Crippen LogP contribution in [0.2, 0.25) is 0 Å². The molecule has 5 nitrogen and oxygen atoms in total. The van der Waals surface area contributed by atoms with Gasteiger partial charge in [-0.05, 0) is 33.6 Å². The number of para-hydroxylation sites is 1. The van der Waals surface area contributed by atoms with Crippen molar-refractivity contribution in [3.05, 3.63) is 64.6 Å². The van der Waals surface area contributed by atoms with E-state index in [0.29, 0.717) is 5.75 Å². The maximum atomic E-state index is 11.9. The molecular formula is C18H22BrClN2O3. The predicted octanol–water partition coefficient (Wildman–Crippen LogP) is 2.82. The van der Waals surface area contributed by atoms with Gasteiger partial charge in [-0.25, -0.2) is 0 Å². The van der Waals surface area contributed by atoms with E-state index in [1.54, 1.807) is 6.07 Å². The van der Waals surface area contributed by atoms with Gasteiger partial charge in [0.1, 0.15) is 18.5 Å². The molecule has 1 amide bonds. The van der Waals surface area contributed by atoms with Crippen molar-refractivity contribution in [1.82, 2.24) is 5.32 Å². The molecule has 136 valence electrons. The van der Waals surface area contributed by atoms with Crippen molar-refractivity contribution < 1.29 is 14.6 Å². The van der Waals surface area contributed by atoms with Gasteiger partial charge in [0.25, 0.3) is 0 Å². The lowest BCUT2D eigenvalue weighted by Crippen LogP contribution is -2.36. The van der Waals surface area contributed by atoms with Crippen molar-refractivity contribution in [1.29, 1.82) is 0 Å². The fourth-order valence-corrected chi connectivity index (χ4v) is 2.53. The van der Waals surface area contributed by atoms with Crippen LogP contribution in [0.25, 0.3) is 0 Å². The molecule has 0 heterocycles. The van der Waals surface area contributed by atoms with Crippen LogP contribution in [-0.4, -0.2) is 30.3 Å². The van der Waals surface area contributed by atoms with E-state index in [9.17, 15) is 9.90 Å². The molecule has 0 spiro atoms. The normalized spacial score (nSPS) is 12.6. The number of halogens is 2. The summed E-state index contributed by atoms with van der Waals surface area (Å²) in [7, 11) is 0. The standard InChI is InChI=1S/C18H21BrN2O3.ClH/c19-15-8-4-5-9-17(15)24-12-14(22)11-21-18(23)10-16(20)13-6-2-1-3-7-13;/h1-9,14,16,22H,10-12,20H2,(H,21,23);1H. The second-order valence-corrected chi connectivity index (χ2v) is 6.27. The van der Waals surface area contributed by atoms with Gasteiger partial charge < -0.3 is 20.9 Å². The molecule has 0 bridgehead atoms. The highest BCUT2D eigenvalue weighted by Crippen LogP contribution is 2.23. The number of hydrogen-bond donors (Lipinski definition) is 3. The van der Waals surface area contributed by atoms with Crippen LogP contribution in [0.15, 0.2) is 59.1 Å². The fraction of sp³-hybridized carbons (Fsp3) is 0.278. The Morgan fingerprint density at radius 3 is 2.48 bits per heavy atom. The highest BCUT2D eigenvalue weighted by Gasteiger charge is 2.13. The van der Waals surface area contributed by atoms with Crippen molar-refractivity contribution >= 4 is 34.2 Å². The first-order valence-electron chi connectivity index (χ1n) is 7.69. The van der Waals surface area contributed by atoms with Crippen molar-refractivity contribution in [3.8, 4) is 5.75 Å². The van der Waals surface area contributed by atoms with Crippen molar-refractivity contribution in [2.24, 2.45) is 5.73 Å². The minimum atomic E-state index is -0.797. The highest BCUT2D eigenvalue weighted by molar-refractivity contribution is 9.10. The van der Waals surface area contributed by atoms with Gasteiger partial charge in [-0.2, -0.15) is 0 Å². The fourth-order valence-electron chi connectivity index (χ4n) is 2.13. The number of nitrogens with two attached hydrogens (primary N) is 1. The number of aliphatic hydroxyl groups excluding tert-OH is 1. The van der Waals surface area contributed by atoms with E-state index >= 15 is 0 Å². The summed E-state index contributed by atoms with van der Waals surface area (Å²) in [6, 6.07) is 16.5. The van der Waals surface area contributed by atoms with Crippen LogP contribution < -0.4 is 15.8 Å². The van der Waals surface area contributed by atoms with Crippen molar-refractivity contribution in [3.63, 3.8) is 0 Å². The molecule has 2 aromatic carbocycles. The Balaban J connectivity index is 0.00000312. The molecule has 7 heteroatoms. The first-order chi connectivity index (χ1) is 11.6. The van der Waals surface area contributed by atoms with Gasteiger partial charge in [0, 0.05) is 19.0 Å². The minimum absolute atomic E-state index is 0. The Hall–Kier alpha value is -1.60. The lowest BCUT2D eigenvalue weighted by atomic mass is 10.0. The number of amides is 1. The monoisotopic (exact) mass is 428 g/mol. The van der Waals surface area contributed by atoms with Crippen LogP contribution in [0.1, 0.15) is 18.0 Å². The molecule has 0 aliphatic heterocycles. The zero-order chi connectivity index (χ0) is 17.4. The summed E-state index contributed by atoms with van der Waals surface area (Å²) >= 11 is 3.37. The summed E-state index contributed by atoms with van der Waals surface area (Å²) in [5.74, 6) is 0.445. The third-order valence-corrected chi connectivity index (χ3v) is 4.09. The Bertz CT molecular complexity index is 658. The number of ether oxygens (including phenoxy) is 1. The number of carbonyl (C=O) groups is 1. The maximum Gasteiger partial charge on any atom is 0.221 e. The Kier molecular flexibility index (Phi) is 9.52. The number of aliphatic hydroxyl groups is 1. The van der Waals surface area contributed by atoms with Crippen molar-refractivity contribution in [2.75, 3.05) is 13.2 Å². The van der Waals surface area contributed by atoms with Crippen LogP contribution in [-0.2, 0) is 4.79 Å². The van der Waals surface area contributed by atoms with Gasteiger partial charge in [-0.1, -0.05) is 42.5 Å². The second-order valence-electron chi connectivity index (χ2n) is 5.42. The average Bonchev–Trinajstić information content (AvgIpc) is 2.60. The van der Waals surface area contributed by atoms with Crippen LogP contribution in [0.5, 0.6) is 5.75 Å². The number of carbonyl (C=O) groups excluding carboxylic acids is 1. The third-order valence-electron chi connectivity index (χ3n) is 3.44. The van der Waals surface area contributed by atoms with E-state index in [1.807, 2.05) is 48.5 Å². The zero-order valence-corrected chi connectivity index (χ0v) is 16.0. The van der Waals surface area contributed by atoms with E-state index in [0.717, 1.165) is 10.0 Å². The SMILES string of the molecule is Cl.NC(CC(=O)NCC(O)COc1ccccc1Br)c1ccccc1. The minimum Gasteiger partial charge on any atom is -0.490 e. The summed E-state index contributed by atoms with van der Waals surface area (Å²) in [5, 5.41) is 12.6. The Morgan fingerprint density at radius 2 is 1.80 bits per heavy atom. The van der Waals surface area contributed by atoms with Crippen LogP contribution >= 0.6 is 28.3 Å². The molecule has 0 aromatic heterocycles. The molecular weight excluding hydrogens is 408 g/mol. The zero-order valence-electron chi connectivity index (χ0n) is 13.6. The second kappa shape index (κ2) is 11.1. The number of nitrogens with one attached hydrogen (secondary N) is 1. The smallest absolute Gasteiger partial charge is 0.221 e. The van der Waals surface area contributed by atoms with Gasteiger partial charge in [0.15, 0.2) is 0 Å². The van der Waals surface area contributed by atoms with Gasteiger partial charge in [-0.15, -0.1) is 12.4 Å². The third kappa shape index (κ3) is 7.44. The molecule has 0 radical (unpaired) electrons. The van der Waals surface area contributed by atoms with Crippen molar-refractivity contribution in [2.45, 2.75) is 18.6 Å². The van der Waals surface area contributed by atoms with E-state index in [2.05, 4.69) is 21.2 Å². The molecule has 0 saturated carbocycles. The Labute approximate surface area is 162 Å². The lowest BCUT2D eigenvalue weighted by molar-refractivity contribution is -0.122. The summed E-state index contributed by atoms with van der Waals surface area (Å²) in [6.45, 7) is 0.207. The lowest BCUT2D eigenvalue weighted by Gasteiger charge is -2.15. The highest BCUT2D eigenvalue weighted by atomic mass is 79.9. The predicted molar refractivity (Wildman–Crippen MR) is 104 cm³/mol. The number of rotatable bonds is 8. The van der Waals surface area contributed by atoms with E-state index < -0.39 is 6.10 Å². The molecule has 2 aromatic rings. The Morgan fingerprint density at radius 1 is 1.16 bits per heavy atom. The molecule has 0 aliphatic carbocycles. The van der Waals surface area contributed by atoms with E-state index in [1.165, 1.54) is 0 Å². The summed E-state index contributed by atoms with van der Waals surface area (Å²) in [4.78, 5) is 11.9. The van der Waals surface area contributed by atoms with E-state index in [4.69, 9.17) is 10.5 Å². The van der Waals surface area contributed by atoms with Gasteiger partial charge in [-0.3, -0.25) is 4.79 Å². The van der Waals surface area contributed by atoms with Gasteiger partial charge in [0.2, 0.25) is 5.91 Å². The van der Waals surface area contributed by atoms with Crippen LogP contribution in [0.4, 0.5) is 0 Å². The van der Waals surface area contributed by atoms with E-state index in [-0.39, 0.29) is 43.9 Å².